The molecule has 26 heavy (non-hydrogen) atoms. The van der Waals surface area contributed by atoms with Crippen molar-refractivity contribution in [2.24, 2.45) is 0 Å². The SMILES string of the molecule is Cc1c(F)cc(-c2ncccc2-c2ccc3ncnc(N)c3c2)cc1F. The Labute approximate surface area is 148 Å². The fourth-order valence-corrected chi connectivity index (χ4v) is 2.89. The summed E-state index contributed by atoms with van der Waals surface area (Å²) in [5.74, 6) is -0.838. The third kappa shape index (κ3) is 2.65. The van der Waals surface area contributed by atoms with Crippen LogP contribution >= 0.6 is 0 Å². The Morgan fingerprint density at radius 3 is 2.42 bits per heavy atom. The van der Waals surface area contributed by atoms with E-state index in [0.29, 0.717) is 22.5 Å². The maximum absolute atomic E-state index is 14.0. The molecule has 0 amide bonds. The lowest BCUT2D eigenvalue weighted by atomic mass is 9.97. The summed E-state index contributed by atoms with van der Waals surface area (Å²) in [6.07, 6.45) is 3.00. The van der Waals surface area contributed by atoms with Crippen molar-refractivity contribution in [3.63, 3.8) is 0 Å². The Morgan fingerprint density at radius 2 is 1.65 bits per heavy atom. The van der Waals surface area contributed by atoms with Gasteiger partial charge in [0.15, 0.2) is 0 Å². The number of nitrogen functional groups attached to an aromatic ring is 1. The number of aromatic nitrogens is 3. The fourth-order valence-electron chi connectivity index (χ4n) is 2.89. The van der Waals surface area contributed by atoms with Crippen molar-refractivity contribution in [1.29, 1.82) is 0 Å². The minimum atomic E-state index is -0.604. The summed E-state index contributed by atoms with van der Waals surface area (Å²) in [4.78, 5) is 12.5. The molecule has 2 heterocycles. The molecule has 128 valence electrons. The van der Waals surface area contributed by atoms with Crippen molar-refractivity contribution in [3.05, 3.63) is 72.2 Å². The van der Waals surface area contributed by atoms with Gasteiger partial charge in [0.2, 0.25) is 0 Å². The summed E-state index contributed by atoms with van der Waals surface area (Å²) in [6, 6.07) is 11.8. The van der Waals surface area contributed by atoms with Gasteiger partial charge in [-0.1, -0.05) is 12.1 Å². The molecule has 0 aliphatic rings. The van der Waals surface area contributed by atoms with E-state index in [2.05, 4.69) is 15.0 Å². The monoisotopic (exact) mass is 348 g/mol. The molecule has 0 bridgehead atoms. The lowest BCUT2D eigenvalue weighted by Gasteiger charge is -2.11. The summed E-state index contributed by atoms with van der Waals surface area (Å²) in [5, 5.41) is 0.709. The van der Waals surface area contributed by atoms with Crippen LogP contribution in [0.1, 0.15) is 5.56 Å². The summed E-state index contributed by atoms with van der Waals surface area (Å²) >= 11 is 0. The maximum Gasteiger partial charge on any atom is 0.134 e. The zero-order valence-corrected chi connectivity index (χ0v) is 13.9. The first-order valence-electron chi connectivity index (χ1n) is 7.96. The average Bonchev–Trinajstić information content (AvgIpc) is 2.66. The van der Waals surface area contributed by atoms with Crippen LogP contribution in [0.4, 0.5) is 14.6 Å². The molecule has 2 aromatic heterocycles. The second-order valence-electron chi connectivity index (χ2n) is 5.96. The number of anilines is 1. The van der Waals surface area contributed by atoms with E-state index in [1.165, 1.54) is 25.4 Å². The minimum absolute atomic E-state index is 0.0122. The van der Waals surface area contributed by atoms with Crippen molar-refractivity contribution in [2.75, 3.05) is 5.73 Å². The quantitative estimate of drug-likeness (QED) is 0.578. The van der Waals surface area contributed by atoms with Crippen molar-refractivity contribution in [2.45, 2.75) is 6.92 Å². The zero-order valence-electron chi connectivity index (χ0n) is 13.9. The van der Waals surface area contributed by atoms with Crippen molar-refractivity contribution < 1.29 is 8.78 Å². The number of hydrogen-bond acceptors (Lipinski definition) is 4. The molecule has 0 radical (unpaired) electrons. The molecule has 6 heteroatoms. The van der Waals surface area contributed by atoms with Gasteiger partial charge in [-0.05, 0) is 42.8 Å². The second-order valence-corrected chi connectivity index (χ2v) is 5.96. The maximum atomic E-state index is 14.0. The van der Waals surface area contributed by atoms with E-state index >= 15 is 0 Å². The molecular formula is C20H14F2N4. The van der Waals surface area contributed by atoms with E-state index in [-0.39, 0.29) is 5.56 Å². The number of benzene rings is 2. The lowest BCUT2D eigenvalue weighted by Crippen LogP contribution is -1.96. The summed E-state index contributed by atoms with van der Waals surface area (Å²) < 4.78 is 28.0. The molecule has 0 aliphatic carbocycles. The first kappa shape index (κ1) is 16.1. The molecule has 0 saturated heterocycles. The largest absolute Gasteiger partial charge is 0.383 e. The molecule has 0 atom stereocenters. The highest BCUT2D eigenvalue weighted by molar-refractivity contribution is 5.93. The van der Waals surface area contributed by atoms with Crippen LogP contribution < -0.4 is 5.73 Å². The predicted octanol–water partition coefficient (Wildman–Crippen LogP) is 4.53. The van der Waals surface area contributed by atoms with E-state index in [4.69, 9.17) is 5.73 Å². The number of pyridine rings is 1. The van der Waals surface area contributed by atoms with Crippen molar-refractivity contribution in [1.82, 2.24) is 15.0 Å². The van der Waals surface area contributed by atoms with Crippen LogP contribution in [0, 0.1) is 18.6 Å². The highest BCUT2D eigenvalue weighted by Crippen LogP contribution is 2.33. The molecule has 0 spiro atoms. The number of rotatable bonds is 2. The fraction of sp³-hybridized carbons (Fsp3) is 0.0500. The van der Waals surface area contributed by atoms with E-state index in [9.17, 15) is 8.78 Å². The highest BCUT2D eigenvalue weighted by Gasteiger charge is 2.14. The molecule has 0 aliphatic heterocycles. The molecule has 0 fully saturated rings. The first-order chi connectivity index (χ1) is 12.5. The van der Waals surface area contributed by atoms with Crippen molar-refractivity contribution >= 4 is 16.7 Å². The van der Waals surface area contributed by atoms with E-state index in [1.54, 1.807) is 12.3 Å². The van der Waals surface area contributed by atoms with Crippen LogP contribution in [-0.4, -0.2) is 15.0 Å². The predicted molar refractivity (Wildman–Crippen MR) is 97.3 cm³/mol. The smallest absolute Gasteiger partial charge is 0.134 e. The van der Waals surface area contributed by atoms with Gasteiger partial charge in [-0.2, -0.15) is 0 Å². The van der Waals surface area contributed by atoms with Crippen LogP contribution in [-0.2, 0) is 0 Å². The van der Waals surface area contributed by atoms with Crippen LogP contribution in [0.25, 0.3) is 33.3 Å². The van der Waals surface area contributed by atoms with E-state index in [0.717, 1.165) is 16.6 Å². The first-order valence-corrected chi connectivity index (χ1v) is 7.96. The number of fused-ring (bicyclic) bond motifs is 1. The molecule has 0 unspecified atom stereocenters. The van der Waals surface area contributed by atoms with E-state index in [1.807, 2.05) is 24.3 Å². The van der Waals surface area contributed by atoms with Gasteiger partial charge < -0.3 is 5.73 Å². The van der Waals surface area contributed by atoms with Gasteiger partial charge in [0.25, 0.3) is 0 Å². The van der Waals surface area contributed by atoms with Gasteiger partial charge in [-0.15, -0.1) is 0 Å². The van der Waals surface area contributed by atoms with Crippen LogP contribution in [0.3, 0.4) is 0 Å². The zero-order chi connectivity index (χ0) is 18.3. The molecule has 4 nitrogen and oxygen atoms in total. The van der Waals surface area contributed by atoms with Crippen molar-refractivity contribution in [3.8, 4) is 22.4 Å². The van der Waals surface area contributed by atoms with Gasteiger partial charge in [-0.3, -0.25) is 4.98 Å². The Hall–Kier alpha value is -3.41. The number of halogens is 2. The topological polar surface area (TPSA) is 64.7 Å². The summed E-state index contributed by atoms with van der Waals surface area (Å²) in [6.45, 7) is 1.40. The van der Waals surface area contributed by atoms with E-state index < -0.39 is 11.6 Å². The normalized spacial score (nSPS) is 11.0. The highest BCUT2D eigenvalue weighted by atomic mass is 19.1. The third-order valence-corrected chi connectivity index (χ3v) is 4.34. The average molecular weight is 348 g/mol. The van der Waals surface area contributed by atoms with Crippen LogP contribution in [0.15, 0.2) is 55.0 Å². The van der Waals surface area contributed by atoms with Gasteiger partial charge in [0.05, 0.1) is 11.2 Å². The molecule has 4 aromatic rings. The Morgan fingerprint density at radius 1 is 0.885 bits per heavy atom. The second kappa shape index (κ2) is 6.15. The molecule has 2 N–H and O–H groups in total. The number of nitrogens with zero attached hydrogens (tertiary/aromatic N) is 3. The standard InChI is InChI=1S/C20H14F2N4/c1-11-16(21)8-13(9-17(11)22)19-14(3-2-6-24-19)12-4-5-18-15(7-12)20(23)26-10-25-18/h2-10H,1H3,(H2,23,25,26). The molecule has 0 saturated carbocycles. The molecular weight excluding hydrogens is 334 g/mol. The summed E-state index contributed by atoms with van der Waals surface area (Å²) in [7, 11) is 0. The Bertz CT molecular complexity index is 1120. The van der Waals surface area contributed by atoms with Gasteiger partial charge in [0.1, 0.15) is 23.8 Å². The number of hydrogen-bond donors (Lipinski definition) is 1. The molecule has 2 aromatic carbocycles. The van der Waals surface area contributed by atoms with Crippen LogP contribution in [0.2, 0.25) is 0 Å². The lowest BCUT2D eigenvalue weighted by molar-refractivity contribution is 0.569. The van der Waals surface area contributed by atoms with Gasteiger partial charge >= 0.3 is 0 Å². The van der Waals surface area contributed by atoms with Crippen LogP contribution in [0.5, 0.6) is 0 Å². The molecule has 4 rings (SSSR count). The summed E-state index contributed by atoms with van der Waals surface area (Å²) in [5.41, 5.74) is 9.06. The third-order valence-electron chi connectivity index (χ3n) is 4.34. The minimum Gasteiger partial charge on any atom is -0.383 e. The Balaban J connectivity index is 1.93. The Kier molecular flexibility index (Phi) is 3.80. The van der Waals surface area contributed by atoms with Gasteiger partial charge in [-0.25, -0.2) is 18.7 Å². The number of nitrogens with two attached hydrogens (primary N) is 1. The van der Waals surface area contributed by atoms with Gasteiger partial charge in [0, 0.05) is 28.3 Å².